The number of aliphatic carboxylic acids is 1. The summed E-state index contributed by atoms with van der Waals surface area (Å²) in [5.41, 5.74) is 4.58. The summed E-state index contributed by atoms with van der Waals surface area (Å²) in [5.74, 6) is -0.867. The fourth-order valence-electron chi connectivity index (χ4n) is 7.53. The van der Waals surface area contributed by atoms with Crippen molar-refractivity contribution in [2.75, 3.05) is 7.11 Å². The van der Waals surface area contributed by atoms with Gasteiger partial charge in [0, 0.05) is 27.6 Å². The van der Waals surface area contributed by atoms with E-state index in [1.165, 1.54) is 31.4 Å². The fraction of sp³-hybridized carbons (Fsp3) is 0.185. The van der Waals surface area contributed by atoms with Gasteiger partial charge in [0.15, 0.2) is 17.4 Å². The van der Waals surface area contributed by atoms with Crippen molar-refractivity contribution in [2.45, 2.75) is 51.6 Å². The Balaban J connectivity index is 0.000000220. The largest absolute Gasteiger partial charge is 1.00 e. The number of alkyl halides is 6. The molecular weight excluding hydrogens is 972 g/mol. The van der Waals surface area contributed by atoms with Gasteiger partial charge in [0.1, 0.15) is 59.2 Å². The zero-order chi connectivity index (χ0) is 49.6. The number of hydrogen-bond acceptors (Lipinski definition) is 10. The first-order chi connectivity index (χ1) is 33.6. The quantitative estimate of drug-likeness (QED) is 0.0809. The van der Waals surface area contributed by atoms with Gasteiger partial charge in [-0.2, -0.15) is 26.3 Å². The summed E-state index contributed by atoms with van der Waals surface area (Å²) in [6, 6.07) is 36.8. The molecule has 1 fully saturated rings. The summed E-state index contributed by atoms with van der Waals surface area (Å²) in [6.07, 6.45) is -4.28. The zero-order valence-corrected chi connectivity index (χ0v) is 37.7. The van der Waals surface area contributed by atoms with Crippen LogP contribution in [0.4, 0.5) is 26.3 Å². The number of carbonyl (C=O) groups excluding carboxylic acids is 1. The molecule has 0 bridgehead atoms. The van der Waals surface area contributed by atoms with E-state index in [1.54, 1.807) is 49.1 Å². The van der Waals surface area contributed by atoms with Gasteiger partial charge in [-0.05, 0) is 102 Å². The Morgan fingerprint density at radius 2 is 1.08 bits per heavy atom. The number of furan rings is 3. The molecule has 0 amide bonds. The number of ether oxygens (including phenoxy) is 4. The van der Waals surface area contributed by atoms with E-state index in [0.29, 0.717) is 16.9 Å². The average Bonchev–Trinajstić information content (AvgIpc) is 3.93. The Kier molecular flexibility index (Phi) is 19.1. The molecule has 9 aromatic rings. The molecule has 11 nitrogen and oxygen atoms in total. The number of esters is 1. The molecule has 1 aliphatic heterocycles. The van der Waals surface area contributed by atoms with Crippen molar-refractivity contribution in [3.05, 3.63) is 197 Å². The van der Waals surface area contributed by atoms with Gasteiger partial charge in [-0.3, -0.25) is 4.79 Å². The van der Waals surface area contributed by atoms with E-state index in [0.717, 1.165) is 73.8 Å². The van der Waals surface area contributed by atoms with Crippen LogP contribution in [0.15, 0.2) is 172 Å². The van der Waals surface area contributed by atoms with Gasteiger partial charge < -0.3 is 43.8 Å². The van der Waals surface area contributed by atoms with E-state index in [2.05, 4.69) is 4.74 Å². The third kappa shape index (κ3) is 14.1. The number of carboxylic acids is 1. The van der Waals surface area contributed by atoms with Gasteiger partial charge in [-0.25, -0.2) is 4.79 Å². The van der Waals surface area contributed by atoms with Gasteiger partial charge in [0.2, 0.25) is 0 Å². The smallest absolute Gasteiger partial charge is 1.00 e. The standard InChI is InChI=1S/C18H13F3O4.C16H11F3O2.C10H8O3.C9H8O2.CH4.Al.Li.4H/c19-18(20,21)10-2-1-3-11(7-10)24-8-9-4-5-12-13(6-9)25-16-14(12)15(16)17(22)23;17-16(18,19)13-2-1-3-14(9-13)21-10-11-4-5-12-6-7-20-15(12)8-11;1-12-10(11)8-3-2-7-4-5-13-9(7)6-8;10-6-7-1-2-8-3-4-11-9(8)5-7;;;;;;;/h1-7,14-16H,8H2,(H,22,23);1-9H,10H2;2-6H,1H3;1-5,10H,6H2;1H4;;;;;;/q;;;;;;+1;;;;-1/t14-,15-,16-;;;;;;;;;;/m1........../s1. The van der Waals surface area contributed by atoms with Crippen molar-refractivity contribution in [3.63, 3.8) is 0 Å². The van der Waals surface area contributed by atoms with Crippen LogP contribution >= 0.6 is 0 Å². The molecule has 3 aromatic heterocycles. The topological polar surface area (TPSA) is 151 Å². The number of fused-ring (bicyclic) bond motifs is 6. The number of halogens is 6. The minimum Gasteiger partial charge on any atom is -1.00 e. The van der Waals surface area contributed by atoms with E-state index in [4.69, 9.17) is 37.7 Å². The Morgan fingerprint density at radius 1 is 0.616 bits per heavy atom. The molecule has 4 heterocycles. The zero-order valence-electron chi connectivity index (χ0n) is 38.7. The van der Waals surface area contributed by atoms with Gasteiger partial charge in [0.25, 0.3) is 0 Å². The molecule has 376 valence electrons. The van der Waals surface area contributed by atoms with E-state index in [9.17, 15) is 35.9 Å². The molecule has 11 rings (SSSR count). The monoisotopic (exact) mass is 1020 g/mol. The second kappa shape index (κ2) is 24.6. The molecule has 2 aliphatic rings. The van der Waals surface area contributed by atoms with Crippen molar-refractivity contribution < 1.29 is 98.6 Å². The number of carbonyl (C=O) groups is 2. The molecule has 6 aromatic carbocycles. The summed E-state index contributed by atoms with van der Waals surface area (Å²) in [6.45, 7) is 0.338. The molecular formula is C54H48AlF6LiO11. The van der Waals surface area contributed by atoms with E-state index < -0.39 is 35.4 Å². The number of rotatable bonds is 9. The molecule has 3 atom stereocenters. The summed E-state index contributed by atoms with van der Waals surface area (Å²) >= 11 is 0. The van der Waals surface area contributed by atoms with Crippen LogP contribution in [0.1, 0.15) is 58.5 Å². The van der Waals surface area contributed by atoms with Crippen molar-refractivity contribution in [2.24, 2.45) is 5.92 Å². The van der Waals surface area contributed by atoms with E-state index >= 15 is 0 Å². The third-order valence-electron chi connectivity index (χ3n) is 11.2. The van der Waals surface area contributed by atoms with Crippen LogP contribution in [0.5, 0.6) is 17.2 Å². The van der Waals surface area contributed by atoms with E-state index in [1.807, 2.05) is 60.7 Å². The van der Waals surface area contributed by atoms with Crippen LogP contribution in [-0.4, -0.2) is 52.7 Å². The number of aliphatic hydroxyl groups excluding tert-OH is 1. The molecule has 0 saturated heterocycles. The second-order valence-corrected chi connectivity index (χ2v) is 15.9. The molecule has 19 heteroatoms. The minimum atomic E-state index is -4.41. The Bertz CT molecular complexity index is 3280. The first-order valence-corrected chi connectivity index (χ1v) is 21.3. The summed E-state index contributed by atoms with van der Waals surface area (Å²) in [4.78, 5) is 22.1. The third-order valence-corrected chi connectivity index (χ3v) is 11.2. The maximum Gasteiger partial charge on any atom is 1.00 e. The minimum absolute atomic E-state index is 0. The molecule has 0 radical (unpaired) electrons. The first kappa shape index (κ1) is 56.9. The SMILES string of the molecule is C.COC(=O)c1ccc2ccoc2c1.FC(F)(F)c1cccc(OCc2ccc3ccoc3c2)c1.O=C(O)[C@H]1[C@@H]2Oc3cc(COc4cccc(C(F)(F)F)c4)ccc3[C@@H]21.OCc1ccc2ccoc2c1.[AlH3].[H-].[Li+]. The molecule has 1 saturated carbocycles. The van der Waals surface area contributed by atoms with Gasteiger partial charge in [0.05, 0.1) is 49.2 Å². The number of methoxy groups -OCH3 is 1. The predicted octanol–water partition coefficient (Wildman–Crippen LogP) is 9.59. The van der Waals surface area contributed by atoms with Crippen molar-refractivity contribution >= 4 is 62.2 Å². The Labute approximate surface area is 438 Å². The van der Waals surface area contributed by atoms with E-state index in [-0.39, 0.29) is 94.4 Å². The van der Waals surface area contributed by atoms with Crippen LogP contribution in [0, 0.1) is 5.92 Å². The second-order valence-electron chi connectivity index (χ2n) is 15.9. The maximum atomic E-state index is 12.7. The van der Waals surface area contributed by atoms with Crippen LogP contribution in [0.3, 0.4) is 0 Å². The van der Waals surface area contributed by atoms with Crippen LogP contribution in [0.25, 0.3) is 32.9 Å². The van der Waals surface area contributed by atoms with Gasteiger partial charge in [-0.15, -0.1) is 0 Å². The van der Waals surface area contributed by atoms with Gasteiger partial charge >= 0.3 is 43.2 Å². The summed E-state index contributed by atoms with van der Waals surface area (Å²) < 4.78 is 113. The fourth-order valence-corrected chi connectivity index (χ4v) is 7.53. The predicted molar refractivity (Wildman–Crippen MR) is 260 cm³/mol. The average molecular weight is 1020 g/mol. The number of hydrogen-bond donors (Lipinski definition) is 2. The van der Waals surface area contributed by atoms with Crippen molar-refractivity contribution in [1.82, 2.24) is 0 Å². The Hall–Kier alpha value is -7.05. The molecule has 73 heavy (non-hydrogen) atoms. The molecule has 1 aliphatic carbocycles. The molecule has 0 unspecified atom stereocenters. The Morgan fingerprint density at radius 3 is 1.58 bits per heavy atom. The number of aliphatic hydroxyl groups is 1. The van der Waals surface area contributed by atoms with Crippen molar-refractivity contribution in [1.29, 1.82) is 0 Å². The van der Waals surface area contributed by atoms with Crippen LogP contribution in [0.2, 0.25) is 0 Å². The number of benzene rings is 6. The molecule has 2 N–H and O–H groups in total. The van der Waals surface area contributed by atoms with Crippen LogP contribution in [-0.2, 0) is 41.7 Å². The normalized spacial score (nSPS) is 14.8. The molecule has 0 spiro atoms. The van der Waals surface area contributed by atoms with Gasteiger partial charge in [-0.1, -0.05) is 62.0 Å². The van der Waals surface area contributed by atoms with Crippen LogP contribution < -0.4 is 33.1 Å². The summed E-state index contributed by atoms with van der Waals surface area (Å²) in [5, 5.41) is 20.9. The maximum absolute atomic E-state index is 12.7. The number of carboxylic acid groups (broad SMARTS) is 1. The first-order valence-electron chi connectivity index (χ1n) is 21.3. The summed E-state index contributed by atoms with van der Waals surface area (Å²) in [7, 11) is 1.36. The van der Waals surface area contributed by atoms with Crippen molar-refractivity contribution in [3.8, 4) is 17.2 Å².